The van der Waals surface area contributed by atoms with Gasteiger partial charge in [-0.1, -0.05) is 12.0 Å². The van der Waals surface area contributed by atoms with Crippen LogP contribution in [0.25, 0.3) is 34.0 Å². The number of hydrogen-bond donors (Lipinski definition) is 1. The summed E-state index contributed by atoms with van der Waals surface area (Å²) >= 11 is 1.34. The number of pyridine rings is 2. The van der Waals surface area contributed by atoms with Gasteiger partial charge in [0.05, 0.1) is 33.2 Å². The fourth-order valence-corrected chi connectivity index (χ4v) is 5.56. The molecule has 2 atom stereocenters. The molecule has 1 saturated carbocycles. The molecule has 1 aliphatic rings. The molecule has 0 spiro atoms. The molecule has 36 heavy (non-hydrogen) atoms. The number of carbonyl (C=O) groups is 1. The first-order valence-electron chi connectivity index (χ1n) is 11.7. The van der Waals surface area contributed by atoms with Gasteiger partial charge in [-0.15, -0.1) is 17.8 Å². The standard InChI is InChI=1S/C27H22N6O2S/c1-2-19-9-10-25(36-19)27(34)31-17-6-5-7-18(12-17)33-23-14-30-22(24-15-28-16-35-24)13-21(23)32-26(33)20-8-3-4-11-29-20/h1,3-4,8-11,13-18H,5-7,12H2,(H,31,34)/t17-,18+/m0/s1. The van der Waals surface area contributed by atoms with E-state index in [1.54, 1.807) is 24.5 Å². The summed E-state index contributed by atoms with van der Waals surface area (Å²) in [6.45, 7) is 0. The number of hydrogen-bond acceptors (Lipinski definition) is 7. The van der Waals surface area contributed by atoms with Crippen molar-refractivity contribution in [1.82, 2.24) is 29.8 Å². The summed E-state index contributed by atoms with van der Waals surface area (Å²) < 4.78 is 7.66. The van der Waals surface area contributed by atoms with Crippen molar-refractivity contribution < 1.29 is 9.21 Å². The lowest BCUT2D eigenvalue weighted by atomic mass is 9.90. The number of thiophene rings is 1. The number of aromatic nitrogens is 5. The highest BCUT2D eigenvalue weighted by Gasteiger charge is 2.29. The summed E-state index contributed by atoms with van der Waals surface area (Å²) in [5.74, 6) is 3.89. The van der Waals surface area contributed by atoms with Gasteiger partial charge in [0, 0.05) is 18.3 Å². The second kappa shape index (κ2) is 9.40. The van der Waals surface area contributed by atoms with E-state index in [1.807, 2.05) is 30.5 Å². The quantitative estimate of drug-likeness (QED) is 0.341. The molecule has 0 saturated heterocycles. The first kappa shape index (κ1) is 22.2. The second-order valence-electron chi connectivity index (χ2n) is 8.74. The zero-order chi connectivity index (χ0) is 24.5. The minimum atomic E-state index is -0.0778. The van der Waals surface area contributed by atoms with Crippen LogP contribution in [0.3, 0.4) is 0 Å². The Morgan fingerprint density at radius 2 is 2.11 bits per heavy atom. The maximum absolute atomic E-state index is 12.9. The molecule has 5 aromatic heterocycles. The van der Waals surface area contributed by atoms with Crippen LogP contribution >= 0.6 is 11.3 Å². The average Bonchev–Trinajstić information content (AvgIpc) is 3.68. The largest absolute Gasteiger partial charge is 0.442 e. The fraction of sp³-hybridized carbons (Fsp3) is 0.222. The van der Waals surface area contributed by atoms with Crippen LogP contribution in [0, 0.1) is 12.3 Å². The van der Waals surface area contributed by atoms with Gasteiger partial charge in [0.25, 0.3) is 5.91 Å². The maximum Gasteiger partial charge on any atom is 0.261 e. The molecule has 0 bridgehead atoms. The van der Waals surface area contributed by atoms with Crippen molar-refractivity contribution in [2.45, 2.75) is 37.8 Å². The van der Waals surface area contributed by atoms with Crippen LogP contribution < -0.4 is 5.32 Å². The van der Waals surface area contributed by atoms with E-state index in [9.17, 15) is 4.79 Å². The highest BCUT2D eigenvalue weighted by molar-refractivity contribution is 7.14. The molecule has 9 heteroatoms. The molecule has 5 aromatic rings. The van der Waals surface area contributed by atoms with Crippen molar-refractivity contribution in [3.63, 3.8) is 0 Å². The van der Waals surface area contributed by atoms with E-state index in [-0.39, 0.29) is 18.0 Å². The summed E-state index contributed by atoms with van der Waals surface area (Å²) in [7, 11) is 0. The van der Waals surface area contributed by atoms with Crippen molar-refractivity contribution in [2.75, 3.05) is 0 Å². The third-order valence-corrected chi connectivity index (χ3v) is 7.49. The first-order valence-corrected chi connectivity index (χ1v) is 12.6. The SMILES string of the molecule is C#Cc1ccc(C(=O)N[C@H]2CCC[C@@H](n3c(-c4ccccn4)nc4cc(-c5cnco5)ncc43)C2)s1. The van der Waals surface area contributed by atoms with E-state index in [2.05, 4.69) is 30.8 Å². The molecular weight excluding hydrogens is 472 g/mol. The number of oxazole rings is 1. The fourth-order valence-electron chi connectivity index (χ4n) is 4.84. The van der Waals surface area contributed by atoms with Gasteiger partial charge in [0.1, 0.15) is 11.4 Å². The van der Waals surface area contributed by atoms with Gasteiger partial charge in [0.15, 0.2) is 18.0 Å². The lowest BCUT2D eigenvalue weighted by molar-refractivity contribution is 0.0925. The molecule has 1 amide bonds. The minimum absolute atomic E-state index is 0.0445. The Balaban J connectivity index is 1.34. The van der Waals surface area contributed by atoms with Crippen molar-refractivity contribution >= 4 is 28.3 Å². The number of carbonyl (C=O) groups excluding carboxylic acids is 1. The summed E-state index contributed by atoms with van der Waals surface area (Å²) in [6, 6.07) is 11.5. The van der Waals surface area contributed by atoms with Crippen LogP contribution in [0.15, 0.2) is 65.8 Å². The summed E-state index contributed by atoms with van der Waals surface area (Å²) in [6.07, 6.45) is 15.8. The zero-order valence-electron chi connectivity index (χ0n) is 19.3. The number of nitrogens with one attached hydrogen (secondary N) is 1. The number of nitrogens with zero attached hydrogens (tertiary/aromatic N) is 5. The van der Waals surface area contributed by atoms with E-state index in [0.717, 1.165) is 53.1 Å². The second-order valence-corrected chi connectivity index (χ2v) is 9.83. The average molecular weight is 495 g/mol. The highest BCUT2D eigenvalue weighted by atomic mass is 32.1. The summed E-state index contributed by atoms with van der Waals surface area (Å²) in [4.78, 5) is 32.4. The number of fused-ring (bicyclic) bond motifs is 1. The Morgan fingerprint density at radius 3 is 2.89 bits per heavy atom. The molecular formula is C27H22N6O2S. The third kappa shape index (κ3) is 4.16. The molecule has 5 heterocycles. The Morgan fingerprint density at radius 1 is 1.17 bits per heavy atom. The van der Waals surface area contributed by atoms with Crippen LogP contribution in [0.5, 0.6) is 0 Å². The molecule has 1 aliphatic carbocycles. The maximum atomic E-state index is 12.9. The Bertz CT molecular complexity index is 1570. The molecule has 0 aliphatic heterocycles. The van der Waals surface area contributed by atoms with E-state index < -0.39 is 0 Å². The van der Waals surface area contributed by atoms with Crippen molar-refractivity contribution in [3.05, 3.63) is 71.1 Å². The highest BCUT2D eigenvalue weighted by Crippen LogP contribution is 2.36. The van der Waals surface area contributed by atoms with E-state index in [0.29, 0.717) is 16.3 Å². The number of terminal acetylenes is 1. The minimum Gasteiger partial charge on any atom is -0.442 e. The molecule has 1 fully saturated rings. The van der Waals surface area contributed by atoms with Crippen LogP contribution in [0.4, 0.5) is 0 Å². The van der Waals surface area contributed by atoms with Crippen LogP contribution in [0.2, 0.25) is 0 Å². The molecule has 178 valence electrons. The van der Waals surface area contributed by atoms with Crippen LogP contribution in [0.1, 0.15) is 46.3 Å². The Labute approximate surface area is 211 Å². The van der Waals surface area contributed by atoms with Gasteiger partial charge < -0.3 is 14.3 Å². The summed E-state index contributed by atoms with van der Waals surface area (Å²) in [5, 5.41) is 3.22. The lowest BCUT2D eigenvalue weighted by Gasteiger charge is -2.31. The van der Waals surface area contributed by atoms with E-state index in [4.69, 9.17) is 15.8 Å². The van der Waals surface area contributed by atoms with Gasteiger partial charge in [-0.25, -0.2) is 9.97 Å². The molecule has 1 N–H and O–H groups in total. The van der Waals surface area contributed by atoms with Gasteiger partial charge >= 0.3 is 0 Å². The van der Waals surface area contributed by atoms with E-state index >= 15 is 0 Å². The molecule has 6 rings (SSSR count). The molecule has 0 unspecified atom stereocenters. The molecule has 0 radical (unpaired) electrons. The predicted octanol–water partition coefficient (Wildman–Crippen LogP) is 5.10. The van der Waals surface area contributed by atoms with Gasteiger partial charge in [-0.3, -0.25) is 14.8 Å². The van der Waals surface area contributed by atoms with Crippen molar-refractivity contribution in [3.8, 4) is 35.3 Å². The van der Waals surface area contributed by atoms with Gasteiger partial charge in [-0.2, -0.15) is 0 Å². The zero-order valence-corrected chi connectivity index (χ0v) is 20.1. The Hall–Kier alpha value is -4.29. The number of rotatable bonds is 5. The van der Waals surface area contributed by atoms with Gasteiger partial charge in [0.2, 0.25) is 0 Å². The number of imidazole rings is 1. The third-order valence-electron chi connectivity index (χ3n) is 6.47. The predicted molar refractivity (Wildman–Crippen MR) is 137 cm³/mol. The van der Waals surface area contributed by atoms with Crippen LogP contribution in [-0.4, -0.2) is 36.5 Å². The van der Waals surface area contributed by atoms with Gasteiger partial charge in [-0.05, 0) is 56.0 Å². The lowest BCUT2D eigenvalue weighted by Crippen LogP contribution is -2.38. The topological polar surface area (TPSA) is 98.7 Å². The Kier molecular flexibility index (Phi) is 5.79. The normalized spacial score (nSPS) is 17.6. The molecule has 8 nitrogen and oxygen atoms in total. The smallest absolute Gasteiger partial charge is 0.261 e. The van der Waals surface area contributed by atoms with Crippen LogP contribution in [-0.2, 0) is 0 Å². The summed E-state index contributed by atoms with van der Waals surface area (Å²) in [5.41, 5.74) is 3.20. The monoisotopic (exact) mass is 494 g/mol. The van der Waals surface area contributed by atoms with Crippen molar-refractivity contribution in [1.29, 1.82) is 0 Å². The van der Waals surface area contributed by atoms with E-state index in [1.165, 1.54) is 17.7 Å². The first-order chi connectivity index (χ1) is 17.7. The number of amides is 1. The molecule has 0 aromatic carbocycles. The van der Waals surface area contributed by atoms with Crippen molar-refractivity contribution in [2.24, 2.45) is 0 Å².